The van der Waals surface area contributed by atoms with E-state index in [0.717, 1.165) is 28.0 Å². The van der Waals surface area contributed by atoms with Gasteiger partial charge in [-0.2, -0.15) is 4.36 Å². The van der Waals surface area contributed by atoms with Crippen molar-refractivity contribution in [3.8, 4) is 0 Å². The summed E-state index contributed by atoms with van der Waals surface area (Å²) in [5.74, 6) is -0.0957. The first kappa shape index (κ1) is 24.0. The third-order valence-electron chi connectivity index (χ3n) is 4.43. The zero-order valence-electron chi connectivity index (χ0n) is 17.5. The third kappa shape index (κ3) is 5.88. The summed E-state index contributed by atoms with van der Waals surface area (Å²) in [5, 5.41) is 16.0. The molecule has 0 amide bonds. The lowest BCUT2D eigenvalue weighted by Crippen LogP contribution is -2.16. The summed E-state index contributed by atoms with van der Waals surface area (Å²) in [5.41, 5.74) is 1.50. The molecule has 2 rings (SSSR count). The molecule has 0 bridgehead atoms. The second-order valence-electron chi connectivity index (χ2n) is 8.15. The van der Waals surface area contributed by atoms with Crippen LogP contribution < -0.4 is 5.14 Å². The number of thiocarbonyl (C=S) groups is 1. The van der Waals surface area contributed by atoms with E-state index in [4.69, 9.17) is 17.4 Å². The van der Waals surface area contributed by atoms with Gasteiger partial charge in [0.1, 0.15) is 10.8 Å². The zero-order valence-corrected chi connectivity index (χ0v) is 20.0. The monoisotopic (exact) mass is 457 g/mol. The van der Waals surface area contributed by atoms with E-state index in [-0.39, 0.29) is 33.4 Å². The van der Waals surface area contributed by atoms with Gasteiger partial charge in [-0.05, 0) is 54.5 Å². The van der Waals surface area contributed by atoms with E-state index in [9.17, 15) is 13.7 Å². The molecule has 0 saturated heterocycles. The zero-order chi connectivity index (χ0) is 22.1. The topological polar surface area (TPSA) is 88.6 Å². The largest absolute Gasteiger partial charge is 0.385 e. The van der Waals surface area contributed by atoms with Gasteiger partial charge in [-0.3, -0.25) is 0 Å². The number of nitrogens with two attached hydrogens (primary N) is 1. The molecule has 160 valence electrons. The van der Waals surface area contributed by atoms with Crippen LogP contribution in [0.5, 0.6) is 0 Å². The number of benzene rings is 1. The summed E-state index contributed by atoms with van der Waals surface area (Å²) >= 11 is 6.45. The number of thiazole rings is 1. The van der Waals surface area contributed by atoms with Crippen LogP contribution in [-0.2, 0) is 21.9 Å². The first-order valence-corrected chi connectivity index (χ1v) is 12.1. The van der Waals surface area contributed by atoms with Gasteiger partial charge < -0.3 is 5.11 Å². The lowest BCUT2D eigenvalue weighted by molar-refractivity contribution is 0.0823. The van der Waals surface area contributed by atoms with Gasteiger partial charge >= 0.3 is 0 Å². The Bertz CT molecular complexity index is 1000. The van der Waals surface area contributed by atoms with Crippen LogP contribution in [-0.4, -0.2) is 19.3 Å². The average Bonchev–Trinajstić information content (AvgIpc) is 3.06. The average molecular weight is 458 g/mol. The lowest BCUT2D eigenvalue weighted by Gasteiger charge is -2.19. The van der Waals surface area contributed by atoms with E-state index in [2.05, 4.69) is 9.35 Å². The molecule has 1 unspecified atom stereocenters. The molecule has 0 aliphatic carbocycles. The van der Waals surface area contributed by atoms with Crippen molar-refractivity contribution < 1.29 is 13.7 Å². The van der Waals surface area contributed by atoms with E-state index < -0.39 is 15.5 Å². The Hall–Kier alpha value is -1.26. The number of nitrogens with zero attached hydrogens (tertiary/aromatic N) is 2. The van der Waals surface area contributed by atoms with Crippen LogP contribution in [0.3, 0.4) is 0 Å². The Labute approximate surface area is 181 Å². The van der Waals surface area contributed by atoms with Crippen molar-refractivity contribution in [2.45, 2.75) is 69.7 Å². The number of rotatable bonds is 6. The van der Waals surface area contributed by atoms with Crippen LogP contribution in [0.15, 0.2) is 27.0 Å². The molecule has 2 aromatic rings. The van der Waals surface area contributed by atoms with Crippen molar-refractivity contribution in [2.24, 2.45) is 9.50 Å². The predicted octanol–water partition coefficient (Wildman–Crippen LogP) is 5.03. The maximum atomic E-state index is 14.1. The molecule has 1 atom stereocenters. The van der Waals surface area contributed by atoms with Gasteiger partial charge in [-0.15, -0.1) is 11.3 Å². The highest BCUT2D eigenvalue weighted by molar-refractivity contribution is 7.94. The normalized spacial score (nSPS) is 14.3. The van der Waals surface area contributed by atoms with Crippen molar-refractivity contribution in [2.75, 3.05) is 0 Å². The SMILES string of the molecule is CC(C)c1cc(F)cc(C(C)C)c1CC(=S)N=S(N)(=O)c1ncc(C(C)(C)O)s1. The van der Waals surface area contributed by atoms with Gasteiger partial charge in [0.15, 0.2) is 9.92 Å². The standard InChI is InChI=1S/C20H28FN3O2S3/c1-11(2)14-7-13(21)8-15(12(3)4)16(14)9-18(27)24-29(22,26)19-23-10-17(28-19)20(5,6)25/h7-8,10-12,25H,9H2,1-6H3,(H2,22,24,26,27). The molecule has 0 spiro atoms. The number of aliphatic hydroxyl groups is 1. The molecule has 0 aliphatic rings. The summed E-state index contributed by atoms with van der Waals surface area (Å²) in [6, 6.07) is 3.04. The van der Waals surface area contributed by atoms with E-state index in [1.807, 2.05) is 27.7 Å². The van der Waals surface area contributed by atoms with Crippen LogP contribution in [0.1, 0.15) is 74.9 Å². The number of aromatic nitrogens is 1. The molecule has 29 heavy (non-hydrogen) atoms. The van der Waals surface area contributed by atoms with Crippen LogP contribution in [0.4, 0.5) is 4.39 Å². The van der Waals surface area contributed by atoms with Crippen molar-refractivity contribution >= 4 is 38.5 Å². The van der Waals surface area contributed by atoms with Gasteiger partial charge in [0.2, 0.25) is 4.34 Å². The maximum absolute atomic E-state index is 14.1. The van der Waals surface area contributed by atoms with E-state index in [0.29, 0.717) is 4.88 Å². The van der Waals surface area contributed by atoms with Gasteiger partial charge in [0.05, 0.1) is 10.5 Å². The van der Waals surface area contributed by atoms with E-state index in [1.165, 1.54) is 18.3 Å². The van der Waals surface area contributed by atoms with Gasteiger partial charge in [0, 0.05) is 12.6 Å². The fourth-order valence-corrected chi connectivity index (χ4v) is 5.60. The van der Waals surface area contributed by atoms with Crippen LogP contribution in [0.2, 0.25) is 0 Å². The van der Waals surface area contributed by atoms with Crippen molar-refractivity contribution in [3.05, 3.63) is 45.7 Å². The third-order valence-corrected chi connectivity index (χ3v) is 7.95. The highest BCUT2D eigenvalue weighted by atomic mass is 32.2. The van der Waals surface area contributed by atoms with Gasteiger partial charge in [0.25, 0.3) is 0 Å². The van der Waals surface area contributed by atoms with Gasteiger partial charge in [-0.1, -0.05) is 39.9 Å². The molecule has 0 saturated carbocycles. The number of hydrogen-bond donors (Lipinski definition) is 2. The smallest absolute Gasteiger partial charge is 0.204 e. The Balaban J connectivity index is 2.44. The Kier molecular flexibility index (Phi) is 7.33. The van der Waals surface area contributed by atoms with E-state index >= 15 is 0 Å². The molecular weight excluding hydrogens is 429 g/mol. The van der Waals surface area contributed by atoms with Crippen molar-refractivity contribution in [1.82, 2.24) is 4.98 Å². The Morgan fingerprint density at radius 1 is 1.31 bits per heavy atom. The summed E-state index contributed by atoms with van der Waals surface area (Å²) in [6.07, 6.45) is 1.69. The summed E-state index contributed by atoms with van der Waals surface area (Å²) in [4.78, 5) is 4.78. The van der Waals surface area contributed by atoms with Gasteiger partial charge in [-0.25, -0.2) is 18.7 Å². The predicted molar refractivity (Wildman–Crippen MR) is 121 cm³/mol. The minimum atomic E-state index is -3.34. The fourth-order valence-electron chi connectivity index (χ4n) is 2.96. The summed E-state index contributed by atoms with van der Waals surface area (Å²) in [6.45, 7) is 11.2. The summed E-state index contributed by atoms with van der Waals surface area (Å²) in [7, 11) is -3.34. The number of hydrogen-bond acceptors (Lipinski definition) is 5. The molecule has 1 aromatic carbocycles. The Morgan fingerprint density at radius 3 is 2.24 bits per heavy atom. The maximum Gasteiger partial charge on any atom is 0.204 e. The van der Waals surface area contributed by atoms with Crippen molar-refractivity contribution in [3.63, 3.8) is 0 Å². The molecule has 0 radical (unpaired) electrons. The molecule has 0 aliphatic heterocycles. The number of halogens is 1. The van der Waals surface area contributed by atoms with Crippen molar-refractivity contribution in [1.29, 1.82) is 0 Å². The van der Waals surface area contributed by atoms with Crippen LogP contribution in [0, 0.1) is 5.82 Å². The molecule has 1 heterocycles. The Morgan fingerprint density at radius 2 is 1.83 bits per heavy atom. The molecule has 5 nitrogen and oxygen atoms in total. The molecule has 1 aromatic heterocycles. The molecular formula is C20H28FN3O2S3. The first-order valence-electron chi connectivity index (χ1n) is 9.31. The van der Waals surface area contributed by atoms with Crippen LogP contribution >= 0.6 is 23.6 Å². The molecule has 0 fully saturated rings. The minimum Gasteiger partial charge on any atom is -0.385 e. The summed E-state index contributed by atoms with van der Waals surface area (Å²) < 4.78 is 31.3. The van der Waals surface area contributed by atoms with Crippen LogP contribution in [0.25, 0.3) is 0 Å². The lowest BCUT2D eigenvalue weighted by atomic mass is 9.87. The molecule has 9 heteroatoms. The second-order valence-corrected chi connectivity index (χ2v) is 11.6. The second kappa shape index (κ2) is 8.85. The first-order chi connectivity index (χ1) is 13.2. The fraction of sp³-hybridized carbons (Fsp3) is 0.500. The minimum absolute atomic E-state index is 0.0940. The quantitative estimate of drug-likeness (QED) is 0.596. The molecule has 3 N–H and O–H groups in total. The highest BCUT2D eigenvalue weighted by Crippen LogP contribution is 2.31. The highest BCUT2D eigenvalue weighted by Gasteiger charge is 2.23. The van der Waals surface area contributed by atoms with E-state index in [1.54, 1.807) is 13.8 Å².